The third-order valence-electron chi connectivity index (χ3n) is 3.83. The van der Waals surface area contributed by atoms with Gasteiger partial charge in [0, 0.05) is 23.8 Å². The molecule has 120 valence electrons. The average Bonchev–Trinajstić information content (AvgIpc) is 2.88. The van der Waals surface area contributed by atoms with Crippen LogP contribution in [0.25, 0.3) is 4.96 Å². The van der Waals surface area contributed by atoms with Crippen molar-refractivity contribution in [3.8, 4) is 0 Å². The molecule has 0 aliphatic carbocycles. The van der Waals surface area contributed by atoms with E-state index in [1.54, 1.807) is 6.20 Å². The Bertz CT molecular complexity index is 718. The van der Waals surface area contributed by atoms with Crippen molar-refractivity contribution < 1.29 is 9.90 Å². The largest absolute Gasteiger partial charge is 0.391 e. The highest BCUT2D eigenvalue weighted by Gasteiger charge is 2.19. The van der Waals surface area contributed by atoms with E-state index < -0.39 is 12.0 Å². The third-order valence-corrected chi connectivity index (χ3v) is 4.74. The zero-order valence-electron chi connectivity index (χ0n) is 13.0. The highest BCUT2D eigenvalue weighted by atomic mass is 32.1. The Morgan fingerprint density at radius 1 is 1.45 bits per heavy atom. The minimum Gasteiger partial charge on any atom is -0.391 e. The van der Waals surface area contributed by atoms with Crippen LogP contribution in [0.5, 0.6) is 0 Å². The van der Waals surface area contributed by atoms with E-state index >= 15 is 0 Å². The number of thiazole rings is 1. The molecule has 2 aromatic rings. The second-order valence-electron chi connectivity index (χ2n) is 5.33. The highest BCUT2D eigenvalue weighted by Crippen LogP contribution is 2.13. The van der Waals surface area contributed by atoms with E-state index in [9.17, 15) is 14.7 Å². The summed E-state index contributed by atoms with van der Waals surface area (Å²) in [5, 5.41) is 12.7. The summed E-state index contributed by atoms with van der Waals surface area (Å²) in [5.41, 5.74) is -0.393. The molecule has 0 aromatic carbocycles. The predicted molar refractivity (Wildman–Crippen MR) is 86.5 cm³/mol. The van der Waals surface area contributed by atoms with Gasteiger partial charge >= 0.3 is 0 Å². The molecule has 6 nitrogen and oxygen atoms in total. The molecule has 0 aliphatic heterocycles. The number of nitrogens with zero attached hydrogens (tertiary/aromatic N) is 2. The minimum absolute atomic E-state index is 0.00736. The van der Waals surface area contributed by atoms with Crippen molar-refractivity contribution in [3.63, 3.8) is 0 Å². The Balaban J connectivity index is 2.13. The van der Waals surface area contributed by atoms with Gasteiger partial charge in [-0.15, -0.1) is 11.3 Å². The number of aliphatic hydroxyl groups excluding tert-OH is 1. The van der Waals surface area contributed by atoms with Crippen molar-refractivity contribution in [3.05, 3.63) is 33.2 Å². The molecule has 7 heteroatoms. The summed E-state index contributed by atoms with van der Waals surface area (Å²) in [6.07, 6.45) is 4.05. The molecular formula is C15H21N3O3S. The van der Waals surface area contributed by atoms with E-state index in [1.165, 1.54) is 21.9 Å². The van der Waals surface area contributed by atoms with E-state index in [0.717, 1.165) is 17.7 Å². The first kappa shape index (κ1) is 16.6. The molecule has 0 bridgehead atoms. The first-order valence-electron chi connectivity index (χ1n) is 7.42. The number of aryl methyl sites for hydroxylation is 1. The lowest BCUT2D eigenvalue weighted by molar-refractivity contribution is 0.0815. The number of carbonyl (C=O) groups excluding carboxylic acids is 1. The van der Waals surface area contributed by atoms with Crippen LogP contribution in [0.4, 0.5) is 0 Å². The Hall–Kier alpha value is -1.73. The predicted octanol–water partition coefficient (Wildman–Crippen LogP) is 1.59. The minimum atomic E-state index is -0.609. The van der Waals surface area contributed by atoms with Crippen LogP contribution in [0.15, 0.2) is 17.2 Å². The maximum absolute atomic E-state index is 12.3. The molecule has 0 aliphatic rings. The van der Waals surface area contributed by atoms with Crippen molar-refractivity contribution in [2.75, 3.05) is 6.54 Å². The van der Waals surface area contributed by atoms with E-state index in [0.29, 0.717) is 4.96 Å². The molecular weight excluding hydrogens is 302 g/mol. The number of amides is 1. The zero-order valence-corrected chi connectivity index (χ0v) is 13.8. The topological polar surface area (TPSA) is 83.7 Å². The third kappa shape index (κ3) is 3.36. The molecule has 22 heavy (non-hydrogen) atoms. The van der Waals surface area contributed by atoms with Crippen LogP contribution >= 0.6 is 11.3 Å². The van der Waals surface area contributed by atoms with Gasteiger partial charge in [-0.05, 0) is 12.8 Å². The van der Waals surface area contributed by atoms with Gasteiger partial charge in [0.15, 0.2) is 4.96 Å². The molecule has 0 fully saturated rings. The van der Waals surface area contributed by atoms with Crippen molar-refractivity contribution >= 4 is 22.2 Å². The second kappa shape index (κ2) is 7.02. The van der Waals surface area contributed by atoms with E-state index in [4.69, 9.17) is 0 Å². The van der Waals surface area contributed by atoms with Gasteiger partial charge in [0.2, 0.25) is 0 Å². The molecule has 0 saturated heterocycles. The van der Waals surface area contributed by atoms with Gasteiger partial charge in [0.05, 0.1) is 6.10 Å². The Morgan fingerprint density at radius 3 is 2.77 bits per heavy atom. The van der Waals surface area contributed by atoms with Crippen LogP contribution in [-0.2, 0) is 0 Å². The molecule has 2 rings (SSSR count). The van der Waals surface area contributed by atoms with Gasteiger partial charge < -0.3 is 10.4 Å². The van der Waals surface area contributed by atoms with Gasteiger partial charge in [-0.25, -0.2) is 4.98 Å². The van der Waals surface area contributed by atoms with E-state index in [2.05, 4.69) is 10.3 Å². The van der Waals surface area contributed by atoms with Crippen LogP contribution in [0.2, 0.25) is 0 Å². The number of aliphatic hydroxyl groups is 1. The summed E-state index contributed by atoms with van der Waals surface area (Å²) in [4.78, 5) is 30.1. The average molecular weight is 323 g/mol. The smallest absolute Gasteiger partial charge is 0.271 e. The van der Waals surface area contributed by atoms with Crippen LogP contribution in [-0.4, -0.2) is 33.0 Å². The first-order valence-corrected chi connectivity index (χ1v) is 8.23. The molecule has 1 unspecified atom stereocenters. The summed E-state index contributed by atoms with van der Waals surface area (Å²) < 4.78 is 1.38. The van der Waals surface area contributed by atoms with Gasteiger partial charge in [-0.3, -0.25) is 14.0 Å². The lowest BCUT2D eigenvalue weighted by Gasteiger charge is -2.20. The number of hydrogen-bond acceptors (Lipinski definition) is 5. The van der Waals surface area contributed by atoms with Crippen LogP contribution in [0.3, 0.4) is 0 Å². The van der Waals surface area contributed by atoms with Gasteiger partial charge in [-0.1, -0.05) is 26.7 Å². The first-order chi connectivity index (χ1) is 10.5. The van der Waals surface area contributed by atoms with Gasteiger partial charge in [-0.2, -0.15) is 0 Å². The van der Waals surface area contributed by atoms with Crippen molar-refractivity contribution in [2.24, 2.45) is 5.92 Å². The Labute approximate surface area is 132 Å². The molecule has 0 radical (unpaired) electrons. The summed E-state index contributed by atoms with van der Waals surface area (Å²) in [7, 11) is 0. The van der Waals surface area contributed by atoms with Crippen molar-refractivity contribution in [2.45, 2.75) is 39.7 Å². The molecule has 2 N–H and O–H groups in total. The van der Waals surface area contributed by atoms with Crippen molar-refractivity contribution in [1.29, 1.82) is 0 Å². The summed E-state index contributed by atoms with van der Waals surface area (Å²) in [5.74, 6) is -0.359. The summed E-state index contributed by atoms with van der Waals surface area (Å²) in [6.45, 7) is 6.02. The number of fused-ring (bicyclic) bond motifs is 1. The maximum atomic E-state index is 12.3. The SMILES string of the molecule is CCC(CC)C(O)CNC(=O)c1cnc2sc(C)cn2c1=O. The van der Waals surface area contributed by atoms with E-state index in [-0.39, 0.29) is 23.6 Å². The lowest BCUT2D eigenvalue weighted by Crippen LogP contribution is -2.38. The molecule has 0 spiro atoms. The van der Waals surface area contributed by atoms with Crippen LogP contribution in [0, 0.1) is 12.8 Å². The number of carbonyl (C=O) groups is 1. The summed E-state index contributed by atoms with van der Waals surface area (Å²) >= 11 is 1.39. The van der Waals surface area contributed by atoms with E-state index in [1.807, 2.05) is 20.8 Å². The standard InChI is InChI=1S/C15H21N3O3S/c1-4-10(5-2)12(19)7-16-13(20)11-6-17-15-18(14(11)21)8-9(3)22-15/h6,8,10,12,19H,4-5,7H2,1-3H3,(H,16,20). The highest BCUT2D eigenvalue weighted by molar-refractivity contribution is 7.16. The Morgan fingerprint density at radius 2 is 2.14 bits per heavy atom. The zero-order chi connectivity index (χ0) is 16.3. The second-order valence-corrected chi connectivity index (χ2v) is 6.54. The fourth-order valence-electron chi connectivity index (χ4n) is 2.44. The fourth-order valence-corrected chi connectivity index (χ4v) is 3.23. The lowest BCUT2D eigenvalue weighted by atomic mass is 9.96. The van der Waals surface area contributed by atoms with Crippen LogP contribution < -0.4 is 10.9 Å². The number of aromatic nitrogens is 2. The monoisotopic (exact) mass is 323 g/mol. The van der Waals surface area contributed by atoms with Gasteiger partial charge in [0.1, 0.15) is 5.56 Å². The number of nitrogens with one attached hydrogen (secondary N) is 1. The van der Waals surface area contributed by atoms with Crippen LogP contribution in [0.1, 0.15) is 41.9 Å². The Kier molecular flexibility index (Phi) is 5.31. The maximum Gasteiger partial charge on any atom is 0.271 e. The molecule has 1 atom stereocenters. The van der Waals surface area contributed by atoms with Crippen molar-refractivity contribution in [1.82, 2.24) is 14.7 Å². The number of hydrogen-bond donors (Lipinski definition) is 2. The fraction of sp³-hybridized carbons (Fsp3) is 0.533. The summed E-state index contributed by atoms with van der Waals surface area (Å²) in [6, 6.07) is 0. The molecule has 1 amide bonds. The molecule has 2 heterocycles. The normalized spacial score (nSPS) is 12.8. The molecule has 2 aromatic heterocycles. The van der Waals surface area contributed by atoms with Gasteiger partial charge in [0.25, 0.3) is 11.5 Å². The number of rotatable bonds is 6. The molecule has 0 saturated carbocycles. The quantitative estimate of drug-likeness (QED) is 0.845.